The second kappa shape index (κ2) is 5.73. The van der Waals surface area contributed by atoms with Gasteiger partial charge in [-0.25, -0.2) is 0 Å². The zero-order valence-corrected chi connectivity index (χ0v) is 13.4. The summed E-state index contributed by atoms with van der Waals surface area (Å²) in [4.78, 5) is 12.4. The Kier molecular flexibility index (Phi) is 4.18. The number of nitrogens with zero attached hydrogens (tertiary/aromatic N) is 3. The Bertz CT molecular complexity index is 796. The predicted molar refractivity (Wildman–Crippen MR) is 86.6 cm³/mol. The largest absolute Gasteiger partial charge is 0.297 e. The predicted octanol–water partition coefficient (Wildman–Crippen LogP) is 2.79. The SMILES string of the molecule is Cc1cccc(/C=N\n2c(=S)[nH]nc(C(C)(C)C)c2=O)c1. The molecule has 1 aromatic carbocycles. The van der Waals surface area contributed by atoms with Crippen molar-refractivity contribution in [1.29, 1.82) is 0 Å². The van der Waals surface area contributed by atoms with E-state index in [2.05, 4.69) is 15.3 Å². The summed E-state index contributed by atoms with van der Waals surface area (Å²) in [6, 6.07) is 7.83. The molecule has 0 saturated carbocycles. The molecule has 0 aliphatic carbocycles. The smallest absolute Gasteiger partial charge is 0.265 e. The minimum Gasteiger partial charge on any atom is -0.265 e. The van der Waals surface area contributed by atoms with Crippen LogP contribution >= 0.6 is 12.2 Å². The summed E-state index contributed by atoms with van der Waals surface area (Å²) < 4.78 is 1.35. The van der Waals surface area contributed by atoms with Gasteiger partial charge in [0.25, 0.3) is 5.56 Å². The summed E-state index contributed by atoms with van der Waals surface area (Å²) in [7, 11) is 0. The second-order valence-electron chi connectivity index (χ2n) is 5.90. The molecule has 0 aliphatic heterocycles. The molecule has 0 spiro atoms. The van der Waals surface area contributed by atoms with Gasteiger partial charge in [-0.1, -0.05) is 50.6 Å². The minimum absolute atomic E-state index is 0.178. The highest BCUT2D eigenvalue weighted by molar-refractivity contribution is 7.71. The van der Waals surface area contributed by atoms with E-state index < -0.39 is 0 Å². The third kappa shape index (κ3) is 3.52. The highest BCUT2D eigenvalue weighted by atomic mass is 32.1. The van der Waals surface area contributed by atoms with Crippen molar-refractivity contribution < 1.29 is 0 Å². The van der Waals surface area contributed by atoms with E-state index in [1.165, 1.54) is 4.68 Å². The molecule has 2 rings (SSSR count). The molecule has 6 heteroatoms. The summed E-state index contributed by atoms with van der Waals surface area (Å²) in [5, 5.41) is 10.9. The summed E-state index contributed by atoms with van der Waals surface area (Å²) in [5.41, 5.74) is 1.76. The van der Waals surface area contributed by atoms with Crippen molar-refractivity contribution in [3.05, 3.63) is 56.2 Å². The van der Waals surface area contributed by atoms with Crippen molar-refractivity contribution >= 4 is 18.4 Å². The third-order valence-electron chi connectivity index (χ3n) is 2.93. The molecule has 1 N–H and O–H groups in total. The van der Waals surface area contributed by atoms with Crippen molar-refractivity contribution in [3.8, 4) is 0 Å². The lowest BCUT2D eigenvalue weighted by atomic mass is 9.93. The minimum atomic E-state index is -0.378. The molecule has 0 aliphatic rings. The molecule has 21 heavy (non-hydrogen) atoms. The van der Waals surface area contributed by atoms with E-state index in [1.807, 2.05) is 52.0 Å². The van der Waals surface area contributed by atoms with Gasteiger partial charge in [-0.15, -0.1) is 0 Å². The fraction of sp³-hybridized carbons (Fsp3) is 0.333. The summed E-state index contributed by atoms with van der Waals surface area (Å²) in [5.74, 6) is 0. The zero-order chi connectivity index (χ0) is 15.6. The lowest BCUT2D eigenvalue weighted by Gasteiger charge is -2.16. The number of hydrogen-bond acceptors (Lipinski definition) is 4. The number of aromatic nitrogens is 3. The first-order chi connectivity index (χ1) is 9.79. The van der Waals surface area contributed by atoms with Gasteiger partial charge in [-0.3, -0.25) is 9.89 Å². The molecular formula is C15H18N4OS. The molecule has 110 valence electrons. The van der Waals surface area contributed by atoms with Crippen LogP contribution in [0.3, 0.4) is 0 Å². The molecule has 0 unspecified atom stereocenters. The van der Waals surface area contributed by atoms with Crippen LogP contribution in [0.15, 0.2) is 34.2 Å². The van der Waals surface area contributed by atoms with Crippen LogP contribution < -0.4 is 5.56 Å². The van der Waals surface area contributed by atoms with E-state index >= 15 is 0 Å². The van der Waals surface area contributed by atoms with Crippen molar-refractivity contribution in [3.63, 3.8) is 0 Å². The maximum atomic E-state index is 12.4. The lowest BCUT2D eigenvalue weighted by molar-refractivity contribution is 0.529. The maximum Gasteiger partial charge on any atom is 0.297 e. The Morgan fingerprint density at radius 3 is 2.71 bits per heavy atom. The van der Waals surface area contributed by atoms with E-state index in [0.29, 0.717) is 5.69 Å². The van der Waals surface area contributed by atoms with E-state index in [-0.39, 0.29) is 15.7 Å². The van der Waals surface area contributed by atoms with Gasteiger partial charge in [0.2, 0.25) is 4.77 Å². The van der Waals surface area contributed by atoms with Crippen LogP contribution in [0.5, 0.6) is 0 Å². The molecule has 0 bridgehead atoms. The standard InChI is InChI=1S/C15H18N4OS/c1-10-6-5-7-11(8-10)9-16-19-13(20)12(15(2,3)4)17-18-14(19)21/h5-9H,1-4H3,(H,18,21)/b16-9-. The molecule has 2 aromatic rings. The van der Waals surface area contributed by atoms with Crippen LogP contribution in [0, 0.1) is 11.7 Å². The molecule has 0 atom stereocenters. The van der Waals surface area contributed by atoms with Crippen molar-refractivity contribution in [2.75, 3.05) is 0 Å². The number of benzene rings is 1. The third-order valence-corrected chi connectivity index (χ3v) is 3.19. The average molecular weight is 302 g/mol. The molecule has 1 aromatic heterocycles. The Hall–Kier alpha value is -2.08. The molecule has 1 heterocycles. The average Bonchev–Trinajstić information content (AvgIpc) is 2.37. The van der Waals surface area contributed by atoms with Crippen LogP contribution in [-0.4, -0.2) is 21.1 Å². The van der Waals surface area contributed by atoms with Crippen molar-refractivity contribution in [2.45, 2.75) is 33.1 Å². The highest BCUT2D eigenvalue weighted by Gasteiger charge is 2.21. The number of rotatable bonds is 2. The normalized spacial score (nSPS) is 12.0. The quantitative estimate of drug-likeness (QED) is 0.685. The molecule has 0 amide bonds. The Morgan fingerprint density at radius 1 is 1.38 bits per heavy atom. The first kappa shape index (κ1) is 15.3. The molecule has 5 nitrogen and oxygen atoms in total. The summed E-state index contributed by atoms with van der Waals surface area (Å²) >= 11 is 5.09. The van der Waals surface area contributed by atoms with Gasteiger partial charge in [-0.2, -0.15) is 14.9 Å². The summed E-state index contributed by atoms with van der Waals surface area (Å²) in [6.07, 6.45) is 1.62. The van der Waals surface area contributed by atoms with E-state index in [0.717, 1.165) is 11.1 Å². The second-order valence-corrected chi connectivity index (χ2v) is 6.29. The first-order valence-corrected chi connectivity index (χ1v) is 7.03. The van der Waals surface area contributed by atoms with Crippen LogP contribution in [0.2, 0.25) is 0 Å². The number of H-pyrrole nitrogens is 1. The fourth-order valence-corrected chi connectivity index (χ4v) is 2.04. The topological polar surface area (TPSA) is 63.0 Å². The van der Waals surface area contributed by atoms with Gasteiger partial charge in [0.15, 0.2) is 0 Å². The van der Waals surface area contributed by atoms with E-state index in [9.17, 15) is 4.79 Å². The van der Waals surface area contributed by atoms with Gasteiger partial charge in [0.05, 0.1) is 6.21 Å². The highest BCUT2D eigenvalue weighted by Crippen LogP contribution is 2.15. The zero-order valence-electron chi connectivity index (χ0n) is 12.5. The van der Waals surface area contributed by atoms with E-state index in [1.54, 1.807) is 6.21 Å². The molecule has 0 fully saturated rings. The number of aryl methyl sites for hydroxylation is 1. The number of hydrogen-bond donors (Lipinski definition) is 1. The molecular weight excluding hydrogens is 284 g/mol. The maximum absolute atomic E-state index is 12.4. The Labute approximate surface area is 128 Å². The van der Waals surface area contributed by atoms with Gasteiger partial charge >= 0.3 is 0 Å². The number of nitrogens with one attached hydrogen (secondary N) is 1. The van der Waals surface area contributed by atoms with Gasteiger partial charge in [0.1, 0.15) is 5.69 Å². The van der Waals surface area contributed by atoms with E-state index in [4.69, 9.17) is 12.2 Å². The van der Waals surface area contributed by atoms with Gasteiger partial charge in [-0.05, 0) is 24.7 Å². The molecule has 0 saturated heterocycles. The summed E-state index contributed by atoms with van der Waals surface area (Å²) in [6.45, 7) is 7.76. The van der Waals surface area contributed by atoms with Gasteiger partial charge in [0, 0.05) is 5.41 Å². The van der Waals surface area contributed by atoms with Crippen LogP contribution in [0.4, 0.5) is 0 Å². The van der Waals surface area contributed by atoms with Crippen LogP contribution in [-0.2, 0) is 5.41 Å². The monoisotopic (exact) mass is 302 g/mol. The first-order valence-electron chi connectivity index (χ1n) is 6.62. The van der Waals surface area contributed by atoms with Crippen LogP contribution in [0.25, 0.3) is 0 Å². The van der Waals surface area contributed by atoms with Gasteiger partial charge < -0.3 is 0 Å². The molecule has 0 radical (unpaired) electrons. The van der Waals surface area contributed by atoms with Crippen molar-refractivity contribution in [2.24, 2.45) is 5.10 Å². The lowest BCUT2D eigenvalue weighted by Crippen LogP contribution is -2.32. The number of aromatic amines is 1. The van der Waals surface area contributed by atoms with Crippen molar-refractivity contribution in [1.82, 2.24) is 14.9 Å². The Morgan fingerprint density at radius 2 is 2.10 bits per heavy atom. The fourth-order valence-electron chi connectivity index (χ4n) is 1.86. The Balaban J connectivity index is 2.50. The van der Waals surface area contributed by atoms with Crippen LogP contribution in [0.1, 0.15) is 37.6 Å².